The SMILES string of the molecule is O=c1c2ccccc2nc(SCCO)n1Cc1ccccc1. The molecule has 1 aromatic heterocycles. The van der Waals surface area contributed by atoms with Crippen LogP contribution in [0.15, 0.2) is 64.5 Å². The third-order valence-electron chi connectivity index (χ3n) is 3.33. The third kappa shape index (κ3) is 3.05. The van der Waals surface area contributed by atoms with Crippen LogP contribution in [0.25, 0.3) is 10.9 Å². The number of aliphatic hydroxyl groups excluding tert-OH is 1. The van der Waals surface area contributed by atoms with Gasteiger partial charge < -0.3 is 5.11 Å². The zero-order valence-electron chi connectivity index (χ0n) is 12.0. The Balaban J connectivity index is 2.12. The lowest BCUT2D eigenvalue weighted by molar-refractivity contribution is 0.322. The van der Waals surface area contributed by atoms with Gasteiger partial charge in [0.05, 0.1) is 24.1 Å². The van der Waals surface area contributed by atoms with Crippen LogP contribution in [0.5, 0.6) is 0 Å². The molecule has 1 N–H and O–H groups in total. The summed E-state index contributed by atoms with van der Waals surface area (Å²) in [6.45, 7) is 0.532. The summed E-state index contributed by atoms with van der Waals surface area (Å²) in [7, 11) is 0. The van der Waals surface area contributed by atoms with Gasteiger partial charge in [-0.3, -0.25) is 9.36 Å². The molecule has 0 saturated carbocycles. The van der Waals surface area contributed by atoms with Crippen molar-refractivity contribution in [2.45, 2.75) is 11.7 Å². The smallest absolute Gasteiger partial charge is 0.262 e. The van der Waals surface area contributed by atoms with Gasteiger partial charge in [0.2, 0.25) is 0 Å². The Kier molecular flexibility index (Phi) is 4.56. The van der Waals surface area contributed by atoms with E-state index in [1.54, 1.807) is 10.6 Å². The van der Waals surface area contributed by atoms with E-state index in [2.05, 4.69) is 4.98 Å². The van der Waals surface area contributed by atoms with E-state index in [0.29, 0.717) is 28.4 Å². The van der Waals surface area contributed by atoms with Gasteiger partial charge in [0.15, 0.2) is 5.16 Å². The topological polar surface area (TPSA) is 55.1 Å². The van der Waals surface area contributed by atoms with E-state index in [4.69, 9.17) is 5.11 Å². The van der Waals surface area contributed by atoms with Crippen molar-refractivity contribution in [2.75, 3.05) is 12.4 Å². The number of aromatic nitrogens is 2. The summed E-state index contributed by atoms with van der Waals surface area (Å²) in [5, 5.41) is 10.3. The van der Waals surface area contributed by atoms with Gasteiger partial charge in [-0.25, -0.2) is 4.98 Å². The average molecular weight is 312 g/mol. The average Bonchev–Trinajstić information content (AvgIpc) is 2.57. The first-order valence-electron chi connectivity index (χ1n) is 7.07. The Morgan fingerprint density at radius 3 is 2.55 bits per heavy atom. The number of thioether (sulfide) groups is 1. The molecule has 0 aliphatic carbocycles. The highest BCUT2D eigenvalue weighted by molar-refractivity contribution is 7.99. The number of rotatable bonds is 5. The number of hydrogen-bond acceptors (Lipinski definition) is 4. The predicted molar refractivity (Wildman–Crippen MR) is 89.4 cm³/mol. The van der Waals surface area contributed by atoms with Crippen LogP contribution in [0.1, 0.15) is 5.56 Å². The number of para-hydroxylation sites is 1. The van der Waals surface area contributed by atoms with E-state index in [-0.39, 0.29) is 12.2 Å². The Morgan fingerprint density at radius 1 is 1.05 bits per heavy atom. The summed E-state index contributed by atoms with van der Waals surface area (Å²) in [4.78, 5) is 17.3. The molecule has 0 fully saturated rings. The van der Waals surface area contributed by atoms with Crippen LogP contribution in [0.4, 0.5) is 0 Å². The molecule has 3 rings (SSSR count). The van der Waals surface area contributed by atoms with Crippen LogP contribution in [0, 0.1) is 0 Å². The lowest BCUT2D eigenvalue weighted by Gasteiger charge is -2.12. The highest BCUT2D eigenvalue weighted by Gasteiger charge is 2.11. The standard InChI is InChI=1S/C17H16N2O2S/c20-10-11-22-17-18-15-9-5-4-8-14(15)16(21)19(17)12-13-6-2-1-3-7-13/h1-9,20H,10-12H2. The summed E-state index contributed by atoms with van der Waals surface area (Å²) < 4.78 is 1.68. The van der Waals surface area contributed by atoms with E-state index < -0.39 is 0 Å². The van der Waals surface area contributed by atoms with Crippen molar-refractivity contribution in [3.8, 4) is 0 Å². The quantitative estimate of drug-likeness (QED) is 0.581. The van der Waals surface area contributed by atoms with Crippen LogP contribution in [0.2, 0.25) is 0 Å². The molecule has 0 unspecified atom stereocenters. The molecule has 1 heterocycles. The fraction of sp³-hybridized carbons (Fsp3) is 0.176. The molecule has 0 radical (unpaired) electrons. The summed E-state index contributed by atoms with van der Waals surface area (Å²) in [6, 6.07) is 17.2. The summed E-state index contributed by atoms with van der Waals surface area (Å²) in [5.41, 5.74) is 1.69. The molecule has 0 aliphatic rings. The zero-order valence-corrected chi connectivity index (χ0v) is 12.8. The lowest BCUT2D eigenvalue weighted by Crippen LogP contribution is -2.24. The monoisotopic (exact) mass is 312 g/mol. The summed E-state index contributed by atoms with van der Waals surface area (Å²) >= 11 is 1.40. The van der Waals surface area contributed by atoms with Crippen LogP contribution in [-0.4, -0.2) is 27.0 Å². The minimum atomic E-state index is -0.0464. The van der Waals surface area contributed by atoms with E-state index in [9.17, 15) is 4.79 Å². The highest BCUT2D eigenvalue weighted by atomic mass is 32.2. The molecule has 2 aromatic carbocycles. The van der Waals surface area contributed by atoms with E-state index >= 15 is 0 Å². The molecule has 5 heteroatoms. The molecule has 0 aliphatic heterocycles. The first kappa shape index (κ1) is 14.8. The second kappa shape index (κ2) is 6.77. The van der Waals surface area contributed by atoms with Crippen LogP contribution < -0.4 is 5.56 Å². The second-order valence-corrected chi connectivity index (χ2v) is 5.92. The molecule has 0 bridgehead atoms. The number of hydrogen-bond donors (Lipinski definition) is 1. The van der Waals surface area contributed by atoms with Crippen molar-refractivity contribution in [1.29, 1.82) is 0 Å². The number of fused-ring (bicyclic) bond motifs is 1. The molecule has 3 aromatic rings. The third-order valence-corrected chi connectivity index (χ3v) is 4.29. The highest BCUT2D eigenvalue weighted by Crippen LogP contribution is 2.18. The molecule has 0 atom stereocenters. The maximum atomic E-state index is 12.8. The lowest BCUT2D eigenvalue weighted by atomic mass is 10.2. The van der Waals surface area contributed by atoms with Crippen LogP contribution in [-0.2, 0) is 6.54 Å². The molecule has 22 heavy (non-hydrogen) atoms. The fourth-order valence-electron chi connectivity index (χ4n) is 2.30. The molecule has 0 amide bonds. The fourth-order valence-corrected chi connectivity index (χ4v) is 3.04. The molecule has 112 valence electrons. The Labute approximate surface area is 132 Å². The number of benzene rings is 2. The first-order chi connectivity index (χ1) is 10.8. The van der Waals surface area contributed by atoms with Crippen molar-refractivity contribution < 1.29 is 5.11 Å². The minimum Gasteiger partial charge on any atom is -0.396 e. The van der Waals surface area contributed by atoms with Gasteiger partial charge in [0, 0.05) is 5.75 Å². The van der Waals surface area contributed by atoms with Crippen molar-refractivity contribution in [1.82, 2.24) is 9.55 Å². The molecular weight excluding hydrogens is 296 g/mol. The maximum Gasteiger partial charge on any atom is 0.262 e. The van der Waals surface area contributed by atoms with Crippen molar-refractivity contribution in [3.63, 3.8) is 0 Å². The summed E-state index contributed by atoms with van der Waals surface area (Å²) in [6.07, 6.45) is 0. The first-order valence-corrected chi connectivity index (χ1v) is 8.05. The number of aliphatic hydroxyl groups is 1. The largest absolute Gasteiger partial charge is 0.396 e. The van der Waals surface area contributed by atoms with Gasteiger partial charge in [-0.15, -0.1) is 0 Å². The van der Waals surface area contributed by atoms with Crippen LogP contribution >= 0.6 is 11.8 Å². The molecule has 0 spiro atoms. The van der Waals surface area contributed by atoms with Crippen molar-refractivity contribution in [2.24, 2.45) is 0 Å². The van der Waals surface area contributed by atoms with Gasteiger partial charge in [-0.1, -0.05) is 54.2 Å². The Morgan fingerprint density at radius 2 is 1.77 bits per heavy atom. The van der Waals surface area contributed by atoms with E-state index in [1.807, 2.05) is 48.5 Å². The second-order valence-electron chi connectivity index (χ2n) is 4.86. The van der Waals surface area contributed by atoms with Crippen molar-refractivity contribution in [3.05, 3.63) is 70.5 Å². The maximum absolute atomic E-state index is 12.8. The number of nitrogens with zero attached hydrogens (tertiary/aromatic N) is 2. The van der Waals surface area contributed by atoms with E-state index in [0.717, 1.165) is 5.56 Å². The molecular formula is C17H16N2O2S. The van der Waals surface area contributed by atoms with Gasteiger partial charge >= 0.3 is 0 Å². The normalized spacial score (nSPS) is 11.0. The van der Waals surface area contributed by atoms with Gasteiger partial charge in [-0.2, -0.15) is 0 Å². The van der Waals surface area contributed by atoms with Crippen molar-refractivity contribution >= 4 is 22.7 Å². The van der Waals surface area contributed by atoms with Gasteiger partial charge in [0.25, 0.3) is 5.56 Å². The van der Waals surface area contributed by atoms with Crippen LogP contribution in [0.3, 0.4) is 0 Å². The van der Waals surface area contributed by atoms with Gasteiger partial charge in [-0.05, 0) is 17.7 Å². The Hall–Kier alpha value is -2.11. The minimum absolute atomic E-state index is 0.0464. The molecule has 0 saturated heterocycles. The zero-order chi connectivity index (χ0) is 15.4. The van der Waals surface area contributed by atoms with Gasteiger partial charge in [0.1, 0.15) is 0 Å². The summed E-state index contributed by atoms with van der Waals surface area (Å²) in [5.74, 6) is 0.513. The van der Waals surface area contributed by atoms with E-state index in [1.165, 1.54) is 11.8 Å². The predicted octanol–water partition coefficient (Wildman–Crippen LogP) is 2.53. The molecule has 4 nitrogen and oxygen atoms in total. The Bertz CT molecular complexity index is 831.